The fourth-order valence-corrected chi connectivity index (χ4v) is 2.69. The van der Waals surface area contributed by atoms with Gasteiger partial charge in [-0.05, 0) is 50.9 Å². The number of nitrogens with zero attached hydrogens (tertiary/aromatic N) is 2. The van der Waals surface area contributed by atoms with Crippen LogP contribution in [0.25, 0.3) is 10.9 Å². The first kappa shape index (κ1) is 12.5. The highest BCUT2D eigenvalue weighted by molar-refractivity contribution is 5.79. The molecular formula is C15H21N3O. The van der Waals surface area contributed by atoms with E-state index in [0.29, 0.717) is 6.10 Å². The second kappa shape index (κ2) is 5.61. The van der Waals surface area contributed by atoms with Crippen molar-refractivity contribution in [1.82, 2.24) is 15.1 Å². The van der Waals surface area contributed by atoms with E-state index in [0.717, 1.165) is 42.6 Å². The van der Waals surface area contributed by atoms with Crippen LogP contribution >= 0.6 is 0 Å². The Balaban J connectivity index is 1.74. The van der Waals surface area contributed by atoms with Crippen LogP contribution in [-0.2, 0) is 7.05 Å². The van der Waals surface area contributed by atoms with Gasteiger partial charge < -0.3 is 10.1 Å². The number of aryl methyl sites for hydroxylation is 1. The molecule has 0 bridgehead atoms. The second-order valence-electron chi connectivity index (χ2n) is 5.26. The first-order valence-electron chi connectivity index (χ1n) is 7.12. The highest BCUT2D eigenvalue weighted by atomic mass is 16.5. The summed E-state index contributed by atoms with van der Waals surface area (Å²) in [4.78, 5) is 0. The van der Waals surface area contributed by atoms with E-state index in [-0.39, 0.29) is 0 Å². The Morgan fingerprint density at radius 2 is 2.05 bits per heavy atom. The summed E-state index contributed by atoms with van der Waals surface area (Å²) in [6.07, 6.45) is 6.90. The molecule has 3 rings (SSSR count). The predicted molar refractivity (Wildman–Crippen MR) is 76.5 cm³/mol. The maximum absolute atomic E-state index is 6.15. The van der Waals surface area contributed by atoms with E-state index in [4.69, 9.17) is 4.74 Å². The van der Waals surface area contributed by atoms with Crippen molar-refractivity contribution in [3.8, 4) is 5.75 Å². The normalized spacial score (nSPS) is 18.2. The summed E-state index contributed by atoms with van der Waals surface area (Å²) >= 11 is 0. The van der Waals surface area contributed by atoms with Crippen LogP contribution in [0.3, 0.4) is 0 Å². The monoisotopic (exact) mass is 259 g/mol. The van der Waals surface area contributed by atoms with Crippen LogP contribution in [0.15, 0.2) is 24.4 Å². The van der Waals surface area contributed by atoms with Gasteiger partial charge in [0.2, 0.25) is 0 Å². The van der Waals surface area contributed by atoms with E-state index in [1.165, 1.54) is 12.8 Å². The SMILES string of the molecule is Cn1ncc2ccc(OC3CCCNCCC3)cc21. The lowest BCUT2D eigenvalue weighted by molar-refractivity contribution is 0.169. The molecule has 0 atom stereocenters. The molecule has 19 heavy (non-hydrogen) atoms. The molecule has 4 nitrogen and oxygen atoms in total. The van der Waals surface area contributed by atoms with E-state index < -0.39 is 0 Å². The van der Waals surface area contributed by atoms with Gasteiger partial charge in [-0.3, -0.25) is 4.68 Å². The van der Waals surface area contributed by atoms with E-state index in [1.807, 2.05) is 17.9 Å². The topological polar surface area (TPSA) is 39.1 Å². The zero-order valence-corrected chi connectivity index (χ0v) is 11.4. The summed E-state index contributed by atoms with van der Waals surface area (Å²) in [5.41, 5.74) is 1.13. The highest BCUT2D eigenvalue weighted by Crippen LogP contribution is 2.23. The minimum absolute atomic E-state index is 0.354. The molecular weight excluding hydrogens is 238 g/mol. The molecule has 0 saturated carbocycles. The number of nitrogens with one attached hydrogen (secondary N) is 1. The Labute approximate surface area is 113 Å². The van der Waals surface area contributed by atoms with Crippen LogP contribution in [0.1, 0.15) is 25.7 Å². The van der Waals surface area contributed by atoms with Crippen molar-refractivity contribution in [2.45, 2.75) is 31.8 Å². The third kappa shape index (κ3) is 2.89. The third-order valence-electron chi connectivity index (χ3n) is 3.78. The quantitative estimate of drug-likeness (QED) is 0.900. The van der Waals surface area contributed by atoms with Crippen molar-refractivity contribution in [1.29, 1.82) is 0 Å². The van der Waals surface area contributed by atoms with E-state index in [9.17, 15) is 0 Å². The van der Waals surface area contributed by atoms with Gasteiger partial charge in [0, 0.05) is 18.5 Å². The predicted octanol–water partition coefficient (Wildman–Crippen LogP) is 2.48. The molecule has 0 radical (unpaired) electrons. The summed E-state index contributed by atoms with van der Waals surface area (Å²) in [5, 5.41) is 8.86. The van der Waals surface area contributed by atoms with Gasteiger partial charge in [-0.15, -0.1) is 0 Å². The van der Waals surface area contributed by atoms with Crippen molar-refractivity contribution in [3.63, 3.8) is 0 Å². The average Bonchev–Trinajstić information content (AvgIpc) is 2.74. The number of hydrogen-bond donors (Lipinski definition) is 1. The van der Waals surface area contributed by atoms with E-state index in [2.05, 4.69) is 28.6 Å². The Morgan fingerprint density at radius 1 is 1.26 bits per heavy atom. The lowest BCUT2D eigenvalue weighted by Crippen LogP contribution is -2.26. The summed E-state index contributed by atoms with van der Waals surface area (Å²) in [7, 11) is 1.97. The average molecular weight is 259 g/mol. The molecule has 4 heteroatoms. The molecule has 1 aliphatic rings. The molecule has 1 aromatic carbocycles. The zero-order chi connectivity index (χ0) is 13.1. The summed E-state index contributed by atoms with van der Waals surface area (Å²) in [6, 6.07) is 6.24. The van der Waals surface area contributed by atoms with Crippen molar-refractivity contribution in [2.24, 2.45) is 7.05 Å². The van der Waals surface area contributed by atoms with Crippen LogP contribution in [0.5, 0.6) is 5.75 Å². The van der Waals surface area contributed by atoms with E-state index in [1.54, 1.807) is 0 Å². The lowest BCUT2D eigenvalue weighted by atomic mass is 10.1. The van der Waals surface area contributed by atoms with Crippen molar-refractivity contribution < 1.29 is 4.74 Å². The highest BCUT2D eigenvalue weighted by Gasteiger charge is 2.13. The molecule has 102 valence electrons. The minimum Gasteiger partial charge on any atom is -0.490 e. The van der Waals surface area contributed by atoms with Gasteiger partial charge in [0.05, 0.1) is 17.8 Å². The number of hydrogen-bond acceptors (Lipinski definition) is 3. The van der Waals surface area contributed by atoms with Crippen LogP contribution < -0.4 is 10.1 Å². The van der Waals surface area contributed by atoms with Crippen molar-refractivity contribution >= 4 is 10.9 Å². The Bertz CT molecular complexity index is 541. The van der Waals surface area contributed by atoms with Gasteiger partial charge in [-0.1, -0.05) is 0 Å². The van der Waals surface area contributed by atoms with Crippen LogP contribution in [-0.4, -0.2) is 29.0 Å². The van der Waals surface area contributed by atoms with Gasteiger partial charge in [-0.25, -0.2) is 0 Å². The molecule has 1 saturated heterocycles. The fraction of sp³-hybridized carbons (Fsp3) is 0.533. The lowest BCUT2D eigenvalue weighted by Gasteiger charge is -2.21. The molecule has 1 aromatic heterocycles. The van der Waals surface area contributed by atoms with Crippen LogP contribution in [0, 0.1) is 0 Å². The van der Waals surface area contributed by atoms with Gasteiger partial charge in [-0.2, -0.15) is 5.10 Å². The molecule has 0 aliphatic carbocycles. The molecule has 0 amide bonds. The molecule has 1 aliphatic heterocycles. The number of benzene rings is 1. The summed E-state index contributed by atoms with van der Waals surface area (Å²) in [5.74, 6) is 0.967. The fourth-order valence-electron chi connectivity index (χ4n) is 2.69. The van der Waals surface area contributed by atoms with Gasteiger partial charge >= 0.3 is 0 Å². The first-order chi connectivity index (χ1) is 9.33. The number of rotatable bonds is 2. The maximum atomic E-state index is 6.15. The maximum Gasteiger partial charge on any atom is 0.121 e. The zero-order valence-electron chi connectivity index (χ0n) is 11.4. The molecule has 0 unspecified atom stereocenters. The molecule has 0 spiro atoms. The minimum atomic E-state index is 0.354. The van der Waals surface area contributed by atoms with Crippen molar-refractivity contribution in [2.75, 3.05) is 13.1 Å². The Kier molecular flexibility index (Phi) is 3.69. The first-order valence-corrected chi connectivity index (χ1v) is 7.12. The van der Waals surface area contributed by atoms with Crippen LogP contribution in [0.4, 0.5) is 0 Å². The molecule has 1 fully saturated rings. The summed E-state index contributed by atoms with van der Waals surface area (Å²) < 4.78 is 8.05. The standard InChI is InChI=1S/C15H21N3O/c1-18-15-10-14(7-6-12(15)11-17-18)19-13-4-2-8-16-9-3-5-13/h6-7,10-11,13,16H,2-5,8-9H2,1H3. The van der Waals surface area contributed by atoms with Gasteiger partial charge in [0.1, 0.15) is 5.75 Å². The summed E-state index contributed by atoms with van der Waals surface area (Å²) in [6.45, 7) is 2.22. The van der Waals surface area contributed by atoms with Gasteiger partial charge in [0.25, 0.3) is 0 Å². The second-order valence-corrected chi connectivity index (χ2v) is 5.26. The number of fused-ring (bicyclic) bond motifs is 1. The van der Waals surface area contributed by atoms with E-state index >= 15 is 0 Å². The number of aromatic nitrogens is 2. The van der Waals surface area contributed by atoms with Crippen molar-refractivity contribution in [3.05, 3.63) is 24.4 Å². The Hall–Kier alpha value is -1.55. The third-order valence-corrected chi connectivity index (χ3v) is 3.78. The molecule has 2 aromatic rings. The van der Waals surface area contributed by atoms with Crippen LogP contribution in [0.2, 0.25) is 0 Å². The van der Waals surface area contributed by atoms with Gasteiger partial charge in [0.15, 0.2) is 0 Å². The smallest absolute Gasteiger partial charge is 0.121 e. The largest absolute Gasteiger partial charge is 0.490 e. The molecule has 1 N–H and O–H groups in total. The Morgan fingerprint density at radius 3 is 2.84 bits per heavy atom. The number of ether oxygens (including phenoxy) is 1. The molecule has 2 heterocycles.